The van der Waals surface area contributed by atoms with Crippen molar-refractivity contribution >= 4 is 15.9 Å². The van der Waals surface area contributed by atoms with Gasteiger partial charge in [0.05, 0.1) is 5.75 Å². The number of sulfone groups is 1. The molecule has 2 rings (SSSR count). The lowest BCUT2D eigenvalue weighted by Crippen LogP contribution is -1.99. The van der Waals surface area contributed by atoms with E-state index in [0.717, 1.165) is 5.41 Å². The fourth-order valence-corrected chi connectivity index (χ4v) is 2.73. The van der Waals surface area contributed by atoms with Gasteiger partial charge >= 0.3 is 0 Å². The van der Waals surface area contributed by atoms with E-state index in [9.17, 15) is 17.2 Å². The molecule has 0 radical (unpaired) electrons. The molecule has 0 heterocycles. The maximum absolute atomic E-state index is 12.7. The van der Waals surface area contributed by atoms with E-state index >= 15 is 0 Å². The quantitative estimate of drug-likeness (QED) is 0.864. The van der Waals surface area contributed by atoms with E-state index in [1.165, 1.54) is 54.6 Å². The first-order valence-corrected chi connectivity index (χ1v) is 7.57. The summed E-state index contributed by atoms with van der Waals surface area (Å²) in [5, 5.41) is 1.07. The average Bonchev–Trinajstić information content (AvgIpc) is 2.41. The summed E-state index contributed by atoms with van der Waals surface area (Å²) >= 11 is 0. The molecule has 0 fully saturated rings. The van der Waals surface area contributed by atoms with E-state index in [2.05, 4.69) is 0 Å². The van der Waals surface area contributed by atoms with E-state index in [4.69, 9.17) is 0 Å². The fourth-order valence-electron chi connectivity index (χ4n) is 1.62. The molecule has 0 saturated heterocycles. The van der Waals surface area contributed by atoms with Crippen LogP contribution in [0.25, 0.3) is 6.08 Å². The fraction of sp³-hybridized carbons (Fsp3) is 0.0667. The van der Waals surface area contributed by atoms with E-state index in [1.54, 1.807) is 0 Å². The molecule has 0 amide bonds. The van der Waals surface area contributed by atoms with Gasteiger partial charge in [-0.25, -0.2) is 17.2 Å². The lowest BCUT2D eigenvalue weighted by Gasteiger charge is -2.00. The van der Waals surface area contributed by atoms with Crippen molar-refractivity contribution in [3.63, 3.8) is 0 Å². The normalized spacial score (nSPS) is 11.9. The molecule has 2 aromatic rings. The molecule has 2 aromatic carbocycles. The van der Waals surface area contributed by atoms with Crippen molar-refractivity contribution in [2.45, 2.75) is 5.75 Å². The predicted molar refractivity (Wildman–Crippen MR) is 74.5 cm³/mol. The van der Waals surface area contributed by atoms with E-state index in [-0.39, 0.29) is 11.6 Å². The number of benzene rings is 2. The average molecular weight is 294 g/mol. The topological polar surface area (TPSA) is 34.1 Å². The number of hydrogen-bond acceptors (Lipinski definition) is 2. The third-order valence-electron chi connectivity index (χ3n) is 2.62. The van der Waals surface area contributed by atoms with Gasteiger partial charge in [-0.1, -0.05) is 24.3 Å². The maximum Gasteiger partial charge on any atom is 0.175 e. The first-order chi connectivity index (χ1) is 9.44. The second-order valence-electron chi connectivity index (χ2n) is 4.29. The molecule has 0 saturated carbocycles. The van der Waals surface area contributed by atoms with Gasteiger partial charge in [-0.05, 0) is 41.5 Å². The Bertz CT molecular complexity index is 703. The minimum absolute atomic E-state index is 0.203. The highest BCUT2D eigenvalue weighted by Gasteiger charge is 2.07. The highest BCUT2D eigenvalue weighted by Crippen LogP contribution is 2.11. The summed E-state index contributed by atoms with van der Waals surface area (Å²) in [4.78, 5) is 0. The Hall–Kier alpha value is -2.01. The van der Waals surface area contributed by atoms with Crippen molar-refractivity contribution in [1.29, 1.82) is 0 Å². The van der Waals surface area contributed by atoms with Crippen molar-refractivity contribution < 1.29 is 17.2 Å². The molecule has 0 aliphatic carbocycles. The number of halogens is 2. The third-order valence-corrected chi connectivity index (χ3v) is 3.91. The number of hydrogen-bond donors (Lipinski definition) is 0. The smallest absolute Gasteiger partial charge is 0.175 e. The molecule has 20 heavy (non-hydrogen) atoms. The van der Waals surface area contributed by atoms with Crippen LogP contribution in [0.1, 0.15) is 11.1 Å². The number of rotatable bonds is 4. The summed E-state index contributed by atoms with van der Waals surface area (Å²) in [5.74, 6) is -0.991. The second-order valence-corrected chi connectivity index (χ2v) is 6.17. The molecule has 0 spiro atoms. The summed E-state index contributed by atoms with van der Waals surface area (Å²) in [5.41, 5.74) is 1.10. The molecular formula is C15H12F2O2S. The Morgan fingerprint density at radius 3 is 1.90 bits per heavy atom. The van der Waals surface area contributed by atoms with Gasteiger partial charge in [0.15, 0.2) is 9.84 Å². The summed E-state index contributed by atoms with van der Waals surface area (Å²) in [6, 6.07) is 10.8. The SMILES string of the molecule is O=S(=O)(C=Cc1ccc(F)cc1)Cc1ccc(F)cc1. The van der Waals surface area contributed by atoms with Gasteiger partial charge in [-0.2, -0.15) is 0 Å². The van der Waals surface area contributed by atoms with Crippen LogP contribution in [-0.2, 0) is 15.6 Å². The van der Waals surface area contributed by atoms with Gasteiger partial charge < -0.3 is 0 Å². The van der Waals surface area contributed by atoms with Crippen molar-refractivity contribution in [1.82, 2.24) is 0 Å². The largest absolute Gasteiger partial charge is 0.224 e. The lowest BCUT2D eigenvalue weighted by molar-refractivity contribution is 0.603. The molecular weight excluding hydrogens is 282 g/mol. The first kappa shape index (κ1) is 14.4. The Morgan fingerprint density at radius 1 is 0.850 bits per heavy atom. The molecule has 0 aromatic heterocycles. The zero-order valence-corrected chi connectivity index (χ0v) is 11.3. The van der Waals surface area contributed by atoms with Gasteiger partial charge in [-0.15, -0.1) is 0 Å². The van der Waals surface area contributed by atoms with E-state index < -0.39 is 15.7 Å². The summed E-state index contributed by atoms with van der Waals surface area (Å²) in [7, 11) is -3.45. The van der Waals surface area contributed by atoms with Crippen LogP contribution in [0.4, 0.5) is 8.78 Å². The van der Waals surface area contributed by atoms with Crippen LogP contribution < -0.4 is 0 Å². The van der Waals surface area contributed by atoms with Crippen LogP contribution in [0.15, 0.2) is 53.9 Å². The second kappa shape index (κ2) is 5.96. The van der Waals surface area contributed by atoms with Crippen molar-refractivity contribution in [2.75, 3.05) is 0 Å². The molecule has 0 bridgehead atoms. The Morgan fingerprint density at radius 2 is 1.35 bits per heavy atom. The van der Waals surface area contributed by atoms with Crippen LogP contribution in [0.2, 0.25) is 0 Å². The van der Waals surface area contributed by atoms with Gasteiger partial charge in [0.25, 0.3) is 0 Å². The van der Waals surface area contributed by atoms with Crippen LogP contribution in [0, 0.1) is 11.6 Å². The van der Waals surface area contributed by atoms with Crippen molar-refractivity contribution in [3.8, 4) is 0 Å². The van der Waals surface area contributed by atoms with Crippen LogP contribution in [0.5, 0.6) is 0 Å². The summed E-state index contributed by atoms with van der Waals surface area (Å²) < 4.78 is 49.2. The molecule has 0 N–H and O–H groups in total. The monoisotopic (exact) mass is 294 g/mol. The molecule has 0 atom stereocenters. The predicted octanol–water partition coefficient (Wildman–Crippen LogP) is 3.55. The van der Waals surface area contributed by atoms with Crippen molar-refractivity contribution in [3.05, 3.63) is 76.7 Å². The molecule has 5 heteroatoms. The minimum atomic E-state index is -3.45. The third kappa shape index (κ3) is 4.28. The standard InChI is InChI=1S/C15H12F2O2S/c16-14-5-1-12(2-6-14)9-10-20(18,19)11-13-3-7-15(17)8-4-13/h1-10H,11H2. The van der Waals surface area contributed by atoms with Gasteiger partial charge in [0.2, 0.25) is 0 Å². The van der Waals surface area contributed by atoms with Gasteiger partial charge in [-0.3, -0.25) is 0 Å². The van der Waals surface area contributed by atoms with Crippen LogP contribution in [-0.4, -0.2) is 8.42 Å². The Labute approximate surface area is 116 Å². The van der Waals surface area contributed by atoms with E-state index in [1.807, 2.05) is 0 Å². The van der Waals surface area contributed by atoms with E-state index in [0.29, 0.717) is 11.1 Å². The zero-order valence-electron chi connectivity index (χ0n) is 10.5. The van der Waals surface area contributed by atoms with Gasteiger partial charge in [0.1, 0.15) is 11.6 Å². The summed E-state index contributed by atoms with van der Waals surface area (Å²) in [6.07, 6.45) is 1.40. The summed E-state index contributed by atoms with van der Waals surface area (Å²) in [6.45, 7) is 0. The molecule has 0 unspecified atom stereocenters. The highest BCUT2D eigenvalue weighted by atomic mass is 32.2. The molecule has 104 valence electrons. The molecule has 0 aliphatic heterocycles. The molecule has 0 aliphatic rings. The minimum Gasteiger partial charge on any atom is -0.224 e. The maximum atomic E-state index is 12.7. The van der Waals surface area contributed by atoms with Crippen molar-refractivity contribution in [2.24, 2.45) is 0 Å². The van der Waals surface area contributed by atoms with Crippen LogP contribution in [0.3, 0.4) is 0 Å². The Balaban J connectivity index is 2.11. The lowest BCUT2D eigenvalue weighted by atomic mass is 10.2. The highest BCUT2D eigenvalue weighted by molar-refractivity contribution is 7.93. The Kier molecular flexibility index (Phi) is 4.29. The first-order valence-electron chi connectivity index (χ1n) is 5.85. The van der Waals surface area contributed by atoms with Crippen LogP contribution >= 0.6 is 0 Å². The molecule has 2 nitrogen and oxygen atoms in total. The van der Waals surface area contributed by atoms with Gasteiger partial charge in [0, 0.05) is 5.41 Å². The zero-order chi connectivity index (χ0) is 14.6.